The maximum Gasteiger partial charge on any atom is 0.231 e. The molecular weight excluding hydrogens is 242 g/mol. The number of hydrogen-bond donors (Lipinski definition) is 2. The van der Waals surface area contributed by atoms with Gasteiger partial charge in [-0.15, -0.1) is 0 Å². The van der Waals surface area contributed by atoms with Crippen LogP contribution in [0.4, 0.5) is 0 Å². The molecule has 1 atom stereocenters. The van der Waals surface area contributed by atoms with Crippen LogP contribution >= 0.6 is 0 Å². The van der Waals surface area contributed by atoms with Gasteiger partial charge in [0.15, 0.2) is 11.5 Å². The van der Waals surface area contributed by atoms with E-state index in [-0.39, 0.29) is 12.3 Å². The lowest BCUT2D eigenvalue weighted by atomic mass is 9.98. The van der Waals surface area contributed by atoms with Gasteiger partial charge >= 0.3 is 0 Å². The highest BCUT2D eigenvalue weighted by Gasteiger charge is 2.20. The first-order valence-electron chi connectivity index (χ1n) is 6.84. The molecule has 0 aromatic heterocycles. The summed E-state index contributed by atoms with van der Waals surface area (Å²) in [6, 6.07) is 5.58. The van der Waals surface area contributed by atoms with E-state index in [2.05, 4.69) is 26.1 Å². The van der Waals surface area contributed by atoms with Crippen molar-refractivity contribution in [2.24, 2.45) is 0 Å². The Bertz CT molecular complexity index is 431. The number of aliphatic hydroxyl groups excluding tert-OH is 1. The second kappa shape index (κ2) is 5.80. The minimum absolute atomic E-state index is 0.0477. The number of rotatable bonds is 6. The molecule has 0 saturated heterocycles. The molecule has 1 heterocycles. The summed E-state index contributed by atoms with van der Waals surface area (Å²) in [6.45, 7) is 7.27. The summed E-state index contributed by atoms with van der Waals surface area (Å²) in [7, 11) is 0. The van der Waals surface area contributed by atoms with Crippen LogP contribution in [0.1, 0.15) is 45.3 Å². The maximum absolute atomic E-state index is 10.2. The predicted octanol–water partition coefficient (Wildman–Crippen LogP) is 2.62. The number of ether oxygens (including phenoxy) is 2. The molecule has 0 spiro atoms. The van der Waals surface area contributed by atoms with Gasteiger partial charge in [0.25, 0.3) is 0 Å². The Kier molecular flexibility index (Phi) is 4.32. The first kappa shape index (κ1) is 14.2. The van der Waals surface area contributed by atoms with E-state index in [0.29, 0.717) is 12.3 Å². The minimum Gasteiger partial charge on any atom is -0.454 e. The smallest absolute Gasteiger partial charge is 0.231 e. The first-order chi connectivity index (χ1) is 9.02. The van der Waals surface area contributed by atoms with Gasteiger partial charge in [0.2, 0.25) is 6.79 Å². The highest BCUT2D eigenvalue weighted by Crippen LogP contribution is 2.34. The van der Waals surface area contributed by atoms with Crippen LogP contribution in [0, 0.1) is 0 Å². The zero-order valence-corrected chi connectivity index (χ0v) is 11.9. The third kappa shape index (κ3) is 3.61. The predicted molar refractivity (Wildman–Crippen MR) is 74.5 cm³/mol. The number of nitrogens with one attached hydrogen (secondary N) is 1. The van der Waals surface area contributed by atoms with E-state index in [4.69, 9.17) is 9.47 Å². The number of benzene rings is 1. The SMILES string of the molecule is CCCC(C)(C)NCC(O)c1ccc2c(c1)OCO2. The van der Waals surface area contributed by atoms with Crippen LogP contribution < -0.4 is 14.8 Å². The monoisotopic (exact) mass is 265 g/mol. The second-order valence-electron chi connectivity index (χ2n) is 5.64. The van der Waals surface area contributed by atoms with Crippen LogP contribution in [-0.2, 0) is 0 Å². The Hall–Kier alpha value is -1.26. The highest BCUT2D eigenvalue weighted by atomic mass is 16.7. The maximum atomic E-state index is 10.2. The summed E-state index contributed by atoms with van der Waals surface area (Å²) >= 11 is 0. The fraction of sp³-hybridized carbons (Fsp3) is 0.600. The zero-order valence-electron chi connectivity index (χ0n) is 11.9. The molecule has 0 fully saturated rings. The van der Waals surface area contributed by atoms with Crippen molar-refractivity contribution in [3.05, 3.63) is 23.8 Å². The molecule has 1 unspecified atom stereocenters. The molecule has 1 aliphatic rings. The number of hydrogen-bond acceptors (Lipinski definition) is 4. The van der Waals surface area contributed by atoms with Gasteiger partial charge in [-0.1, -0.05) is 19.4 Å². The topological polar surface area (TPSA) is 50.7 Å². The average molecular weight is 265 g/mol. The van der Waals surface area contributed by atoms with E-state index in [1.54, 1.807) is 0 Å². The van der Waals surface area contributed by atoms with Gasteiger partial charge in [-0.05, 0) is 38.0 Å². The molecule has 0 radical (unpaired) electrons. The Morgan fingerprint density at radius 3 is 2.79 bits per heavy atom. The summed E-state index contributed by atoms with van der Waals surface area (Å²) in [5, 5.41) is 13.6. The van der Waals surface area contributed by atoms with Crippen molar-refractivity contribution in [2.75, 3.05) is 13.3 Å². The summed E-state index contributed by atoms with van der Waals surface area (Å²) in [4.78, 5) is 0. The lowest BCUT2D eigenvalue weighted by Crippen LogP contribution is -2.41. The van der Waals surface area contributed by atoms with Gasteiger partial charge in [0.1, 0.15) is 0 Å². The fourth-order valence-corrected chi connectivity index (χ4v) is 2.32. The third-order valence-electron chi connectivity index (χ3n) is 3.43. The summed E-state index contributed by atoms with van der Waals surface area (Å²) in [6.07, 6.45) is 1.67. The lowest BCUT2D eigenvalue weighted by Gasteiger charge is -2.27. The molecule has 2 rings (SSSR count). The fourth-order valence-electron chi connectivity index (χ4n) is 2.32. The zero-order chi connectivity index (χ0) is 13.9. The van der Waals surface area contributed by atoms with Crippen molar-refractivity contribution in [1.82, 2.24) is 5.32 Å². The van der Waals surface area contributed by atoms with Gasteiger partial charge in [0, 0.05) is 12.1 Å². The van der Waals surface area contributed by atoms with Crippen molar-refractivity contribution < 1.29 is 14.6 Å². The van der Waals surface area contributed by atoms with Crippen LogP contribution in [0.3, 0.4) is 0 Å². The Morgan fingerprint density at radius 1 is 1.32 bits per heavy atom. The molecule has 0 saturated carbocycles. The van der Waals surface area contributed by atoms with Gasteiger partial charge in [-0.2, -0.15) is 0 Å². The van der Waals surface area contributed by atoms with E-state index < -0.39 is 6.10 Å². The molecule has 0 aliphatic carbocycles. The number of β-amino-alcohol motifs (C(OH)–C–C–N with tert-alkyl or cyclic N) is 1. The molecule has 1 aliphatic heterocycles. The van der Waals surface area contributed by atoms with Crippen molar-refractivity contribution in [1.29, 1.82) is 0 Å². The first-order valence-corrected chi connectivity index (χ1v) is 6.84. The van der Waals surface area contributed by atoms with Crippen LogP contribution in [0.15, 0.2) is 18.2 Å². The number of aliphatic hydroxyl groups is 1. The molecule has 0 amide bonds. The van der Waals surface area contributed by atoms with Crippen LogP contribution in [-0.4, -0.2) is 24.0 Å². The van der Waals surface area contributed by atoms with Gasteiger partial charge < -0.3 is 19.9 Å². The van der Waals surface area contributed by atoms with Crippen LogP contribution in [0.25, 0.3) is 0 Å². The van der Waals surface area contributed by atoms with Gasteiger partial charge in [-0.3, -0.25) is 0 Å². The lowest BCUT2D eigenvalue weighted by molar-refractivity contribution is 0.158. The molecule has 19 heavy (non-hydrogen) atoms. The van der Waals surface area contributed by atoms with E-state index in [1.807, 2.05) is 18.2 Å². The Morgan fingerprint density at radius 2 is 2.05 bits per heavy atom. The van der Waals surface area contributed by atoms with E-state index >= 15 is 0 Å². The quantitative estimate of drug-likeness (QED) is 0.830. The molecule has 1 aromatic carbocycles. The molecule has 4 nitrogen and oxygen atoms in total. The van der Waals surface area contributed by atoms with Crippen molar-refractivity contribution in [3.8, 4) is 11.5 Å². The van der Waals surface area contributed by atoms with Crippen LogP contribution in [0.2, 0.25) is 0 Å². The Balaban J connectivity index is 1.95. The highest BCUT2D eigenvalue weighted by molar-refractivity contribution is 5.45. The summed E-state index contributed by atoms with van der Waals surface area (Å²) in [5.41, 5.74) is 0.899. The third-order valence-corrected chi connectivity index (χ3v) is 3.43. The molecule has 2 N–H and O–H groups in total. The second-order valence-corrected chi connectivity index (χ2v) is 5.64. The normalized spacial score (nSPS) is 15.6. The van der Waals surface area contributed by atoms with E-state index in [1.165, 1.54) is 0 Å². The largest absolute Gasteiger partial charge is 0.454 e. The van der Waals surface area contributed by atoms with Crippen LogP contribution in [0.5, 0.6) is 11.5 Å². The molecule has 106 valence electrons. The van der Waals surface area contributed by atoms with E-state index in [9.17, 15) is 5.11 Å². The molecule has 1 aromatic rings. The Labute approximate surface area is 114 Å². The van der Waals surface area contributed by atoms with Gasteiger partial charge in [-0.25, -0.2) is 0 Å². The standard InChI is InChI=1S/C15H23NO3/c1-4-7-15(2,3)16-9-12(17)11-5-6-13-14(8-11)19-10-18-13/h5-6,8,12,16-17H,4,7,9-10H2,1-3H3. The van der Waals surface area contributed by atoms with Crippen molar-refractivity contribution in [2.45, 2.75) is 45.3 Å². The average Bonchev–Trinajstić information content (AvgIpc) is 2.83. The number of fused-ring (bicyclic) bond motifs is 1. The molecule has 4 heteroatoms. The minimum atomic E-state index is -0.536. The van der Waals surface area contributed by atoms with E-state index in [0.717, 1.165) is 24.2 Å². The summed E-state index contributed by atoms with van der Waals surface area (Å²) in [5.74, 6) is 1.46. The van der Waals surface area contributed by atoms with Crippen molar-refractivity contribution >= 4 is 0 Å². The molecular formula is C15H23NO3. The summed E-state index contributed by atoms with van der Waals surface area (Å²) < 4.78 is 10.6. The van der Waals surface area contributed by atoms with Gasteiger partial charge in [0.05, 0.1) is 6.10 Å². The molecule has 0 bridgehead atoms. The van der Waals surface area contributed by atoms with Crippen molar-refractivity contribution in [3.63, 3.8) is 0 Å².